The maximum Gasteiger partial charge on any atom is 0.0346 e. The zero-order valence-electron chi connectivity index (χ0n) is 27.0. The average Bonchev–Trinajstić information content (AvgIpc) is 3.08. The maximum atomic E-state index is 8.22. The van der Waals surface area contributed by atoms with Crippen molar-refractivity contribution in [1.82, 2.24) is 9.97 Å². The molecule has 1 radical (unpaired) electrons. The second kappa shape index (κ2) is 14.6. The van der Waals surface area contributed by atoms with Crippen LogP contribution in [0.5, 0.6) is 0 Å². The topological polar surface area (TPSA) is 25.8 Å². The van der Waals surface area contributed by atoms with Crippen molar-refractivity contribution in [2.24, 2.45) is 0 Å². The summed E-state index contributed by atoms with van der Waals surface area (Å²) in [5, 5.41) is 4.86. The molecule has 0 bridgehead atoms. The Kier molecular flexibility index (Phi) is 9.90. The Morgan fingerprint density at radius 1 is 0.578 bits per heavy atom. The third-order valence-electron chi connectivity index (χ3n) is 7.92. The molecule has 0 fully saturated rings. The van der Waals surface area contributed by atoms with Crippen LogP contribution in [0.25, 0.3) is 55.2 Å². The molecule has 2 nitrogen and oxygen atoms in total. The first-order chi connectivity index (χ1) is 21.8. The van der Waals surface area contributed by atoms with Gasteiger partial charge in [-0.1, -0.05) is 128 Å². The minimum Gasteiger partial charge on any atom is -0.305 e. The molecule has 7 rings (SSSR count). The Hall–Kier alpha value is -4.43. The third-order valence-corrected chi connectivity index (χ3v) is 7.92. The first-order valence-electron chi connectivity index (χ1n) is 15.6. The van der Waals surface area contributed by atoms with Gasteiger partial charge in [-0.3, -0.25) is 0 Å². The molecular formula is C42H36IrN2-2. The molecule has 0 aliphatic rings. The second-order valence-electron chi connectivity index (χ2n) is 11.6. The zero-order valence-corrected chi connectivity index (χ0v) is 28.4. The van der Waals surface area contributed by atoms with Crippen LogP contribution in [0, 0.1) is 12.1 Å². The van der Waals surface area contributed by atoms with Crippen LogP contribution < -0.4 is 0 Å². The van der Waals surface area contributed by atoms with Gasteiger partial charge in [0.25, 0.3) is 0 Å². The summed E-state index contributed by atoms with van der Waals surface area (Å²) in [5.74, 6) is -0.130. The van der Waals surface area contributed by atoms with Crippen molar-refractivity contribution >= 4 is 21.5 Å². The normalized spacial score (nSPS) is 11.4. The SMILES string of the molecule is CC(C)c1ccnc(-c2[c-]ccc(-c3ccccc3)c2)c1.[2H]C(C)(C)c1ccnc(-c2[c-]cc3c(ccc4ccccc43)c2)c1.[Ir]. The van der Waals surface area contributed by atoms with Gasteiger partial charge < -0.3 is 9.97 Å². The van der Waals surface area contributed by atoms with Gasteiger partial charge in [0.1, 0.15) is 0 Å². The minimum absolute atomic E-state index is 0. The predicted octanol–water partition coefficient (Wildman–Crippen LogP) is 11.3. The fraction of sp³-hybridized carbons (Fsp3) is 0.143. The van der Waals surface area contributed by atoms with Crippen molar-refractivity contribution in [3.05, 3.63) is 157 Å². The van der Waals surface area contributed by atoms with E-state index >= 15 is 0 Å². The number of hydrogen-bond acceptors (Lipinski definition) is 2. The van der Waals surface area contributed by atoms with Gasteiger partial charge in [0, 0.05) is 33.9 Å². The number of benzene rings is 5. The average molecular weight is 762 g/mol. The van der Waals surface area contributed by atoms with Crippen molar-refractivity contribution in [3.8, 4) is 33.6 Å². The van der Waals surface area contributed by atoms with Crippen LogP contribution >= 0.6 is 0 Å². The van der Waals surface area contributed by atoms with Gasteiger partial charge in [-0.05, 0) is 46.3 Å². The fourth-order valence-corrected chi connectivity index (χ4v) is 5.36. The Bertz CT molecular complexity index is 2080. The Morgan fingerprint density at radius 2 is 1.22 bits per heavy atom. The molecule has 0 atom stereocenters. The van der Waals surface area contributed by atoms with E-state index in [4.69, 9.17) is 1.37 Å². The molecule has 225 valence electrons. The summed E-state index contributed by atoms with van der Waals surface area (Å²) in [6.07, 6.45) is 3.66. The molecule has 45 heavy (non-hydrogen) atoms. The fourth-order valence-electron chi connectivity index (χ4n) is 5.36. The van der Waals surface area contributed by atoms with Gasteiger partial charge in [0.2, 0.25) is 0 Å². The minimum atomic E-state index is -0.634. The summed E-state index contributed by atoms with van der Waals surface area (Å²) in [7, 11) is 0. The largest absolute Gasteiger partial charge is 0.305 e. The van der Waals surface area contributed by atoms with E-state index in [2.05, 4.69) is 127 Å². The van der Waals surface area contributed by atoms with E-state index in [1.807, 2.05) is 50.4 Å². The van der Waals surface area contributed by atoms with Crippen LogP contribution in [0.1, 0.15) is 52.0 Å². The van der Waals surface area contributed by atoms with Gasteiger partial charge in [0.15, 0.2) is 0 Å². The standard InChI is InChI=1S/C22H18N.C20H18N.Ir/c1-15(2)17-11-12-23-22(14-17)19-9-10-21-18(13-19)8-7-16-5-3-4-6-20(16)21;1-15(2)17-11-12-21-20(14-17)19-10-6-9-18(13-19)16-7-4-3-5-8-16;/h3-8,10-15H,1-2H3;3-9,11-15H,1-2H3;/q2*-1;/i15D;;. The Morgan fingerprint density at radius 3 is 1.96 bits per heavy atom. The van der Waals surface area contributed by atoms with Crippen molar-refractivity contribution in [2.75, 3.05) is 0 Å². The van der Waals surface area contributed by atoms with Gasteiger partial charge in [-0.15, -0.1) is 64.5 Å². The smallest absolute Gasteiger partial charge is 0.0346 e. The van der Waals surface area contributed by atoms with Gasteiger partial charge in [0.05, 0.1) is 0 Å². The molecule has 2 aromatic heterocycles. The predicted molar refractivity (Wildman–Crippen MR) is 186 cm³/mol. The molecule has 0 aliphatic carbocycles. The number of rotatable bonds is 5. The molecule has 0 amide bonds. The monoisotopic (exact) mass is 762 g/mol. The summed E-state index contributed by atoms with van der Waals surface area (Å²) >= 11 is 0. The zero-order chi connectivity index (χ0) is 31.4. The molecule has 0 saturated heterocycles. The molecule has 3 heteroatoms. The van der Waals surface area contributed by atoms with Gasteiger partial charge >= 0.3 is 0 Å². The molecule has 0 N–H and O–H groups in total. The summed E-state index contributed by atoms with van der Waals surface area (Å²) < 4.78 is 8.22. The summed E-state index contributed by atoms with van der Waals surface area (Å²) in [4.78, 5) is 8.97. The summed E-state index contributed by atoms with van der Waals surface area (Å²) in [5.41, 5.74) is 8.52. The van der Waals surface area contributed by atoms with Crippen LogP contribution in [0.3, 0.4) is 0 Å². The molecule has 0 unspecified atom stereocenters. The van der Waals surface area contributed by atoms with E-state index in [1.54, 1.807) is 6.20 Å². The molecule has 0 saturated carbocycles. The van der Waals surface area contributed by atoms with Crippen LogP contribution in [-0.4, -0.2) is 9.97 Å². The molecule has 5 aromatic carbocycles. The number of pyridine rings is 2. The van der Waals surface area contributed by atoms with E-state index in [0.29, 0.717) is 5.92 Å². The van der Waals surface area contributed by atoms with Gasteiger partial charge in [-0.2, -0.15) is 0 Å². The van der Waals surface area contributed by atoms with E-state index in [0.717, 1.165) is 28.1 Å². The summed E-state index contributed by atoms with van der Waals surface area (Å²) in [6.45, 7) is 8.18. The van der Waals surface area contributed by atoms with Gasteiger partial charge in [-0.25, -0.2) is 0 Å². The molecule has 0 spiro atoms. The summed E-state index contributed by atoms with van der Waals surface area (Å²) in [6, 6.07) is 48.3. The van der Waals surface area contributed by atoms with Crippen molar-refractivity contribution in [1.29, 1.82) is 0 Å². The van der Waals surface area contributed by atoms with Crippen molar-refractivity contribution in [3.63, 3.8) is 0 Å². The molecular weight excluding hydrogens is 725 g/mol. The molecule has 7 aromatic rings. The Balaban J connectivity index is 0.000000179. The first-order valence-corrected chi connectivity index (χ1v) is 15.1. The quantitative estimate of drug-likeness (QED) is 0.129. The maximum absolute atomic E-state index is 8.22. The number of nitrogens with zero attached hydrogens (tertiary/aromatic N) is 2. The Labute approximate surface area is 282 Å². The van der Waals surface area contributed by atoms with Crippen LogP contribution in [0.2, 0.25) is 0 Å². The van der Waals surface area contributed by atoms with E-state index in [1.165, 1.54) is 38.2 Å². The van der Waals surface area contributed by atoms with E-state index in [-0.39, 0.29) is 20.1 Å². The molecule has 0 aliphatic heterocycles. The number of fused-ring (bicyclic) bond motifs is 3. The second-order valence-corrected chi connectivity index (χ2v) is 11.6. The van der Waals surface area contributed by atoms with E-state index < -0.39 is 5.89 Å². The van der Waals surface area contributed by atoms with Crippen LogP contribution in [0.15, 0.2) is 134 Å². The number of aromatic nitrogens is 2. The third kappa shape index (κ3) is 7.45. The first kappa shape index (κ1) is 30.6. The van der Waals surface area contributed by atoms with E-state index in [9.17, 15) is 0 Å². The molecule has 2 heterocycles. The van der Waals surface area contributed by atoms with Crippen LogP contribution in [0.4, 0.5) is 0 Å². The number of hydrogen-bond donors (Lipinski definition) is 0. The van der Waals surface area contributed by atoms with Crippen molar-refractivity contribution < 1.29 is 21.5 Å². The van der Waals surface area contributed by atoms with Crippen LogP contribution in [-0.2, 0) is 20.1 Å². The van der Waals surface area contributed by atoms with Crippen molar-refractivity contribution in [2.45, 2.75) is 39.5 Å².